The predicted octanol–water partition coefficient (Wildman–Crippen LogP) is 11.7. The smallest absolute Gasteiger partial charge is 0.180 e. The van der Waals surface area contributed by atoms with Gasteiger partial charge in [-0.1, -0.05) is 182 Å². The molecule has 0 saturated heterocycles. The van der Waals surface area contributed by atoms with E-state index in [4.69, 9.17) is 4.42 Å². The first-order chi connectivity index (χ1) is 28.3. The number of nitrogens with zero attached hydrogens (tertiary/aromatic N) is 1. The number of fused-ring (bicyclic) bond motifs is 6. The van der Waals surface area contributed by atoms with Crippen molar-refractivity contribution in [2.75, 3.05) is 4.90 Å². The maximum Gasteiger partial charge on any atom is 0.180 e. The highest BCUT2D eigenvalue weighted by atomic mass is 28.3. The van der Waals surface area contributed by atoms with Crippen LogP contribution in [-0.4, -0.2) is 8.07 Å². The van der Waals surface area contributed by atoms with Gasteiger partial charge in [-0.25, -0.2) is 0 Å². The van der Waals surface area contributed by atoms with Gasteiger partial charge in [0.1, 0.15) is 11.2 Å². The molecule has 0 amide bonds. The quantitative estimate of drug-likeness (QED) is 0.151. The molecule has 0 radical (unpaired) electrons. The fourth-order valence-electron chi connectivity index (χ4n) is 9.43. The van der Waals surface area contributed by atoms with Gasteiger partial charge >= 0.3 is 0 Å². The van der Waals surface area contributed by atoms with Crippen LogP contribution < -0.4 is 25.6 Å². The van der Waals surface area contributed by atoms with Crippen LogP contribution in [0.3, 0.4) is 0 Å². The minimum atomic E-state index is -2.74. The summed E-state index contributed by atoms with van der Waals surface area (Å²) in [5, 5.41) is 7.84. The number of furan rings is 1. The first-order valence-corrected chi connectivity index (χ1v) is 21.6. The molecule has 57 heavy (non-hydrogen) atoms. The molecular weight excluding hydrogens is 707 g/mol. The summed E-state index contributed by atoms with van der Waals surface area (Å²) in [6.07, 6.45) is 0. The van der Waals surface area contributed by atoms with Crippen molar-refractivity contribution in [3.8, 4) is 33.4 Å². The van der Waals surface area contributed by atoms with Gasteiger partial charge in [0.15, 0.2) is 8.07 Å². The average molecular weight is 744 g/mol. The molecule has 10 aromatic rings. The molecule has 9 aromatic carbocycles. The zero-order valence-electron chi connectivity index (χ0n) is 31.2. The number of para-hydroxylation sites is 2. The second-order valence-electron chi connectivity index (χ2n) is 14.8. The van der Waals surface area contributed by atoms with Crippen LogP contribution >= 0.6 is 0 Å². The van der Waals surface area contributed by atoms with Crippen molar-refractivity contribution in [1.29, 1.82) is 0 Å². The highest BCUT2D eigenvalue weighted by Gasteiger charge is 2.48. The van der Waals surface area contributed by atoms with Crippen molar-refractivity contribution >= 4 is 67.8 Å². The molecule has 1 aliphatic heterocycles. The van der Waals surface area contributed by atoms with Gasteiger partial charge in [-0.2, -0.15) is 0 Å². The van der Waals surface area contributed by atoms with Gasteiger partial charge in [-0.05, 0) is 91.0 Å². The fourth-order valence-corrected chi connectivity index (χ4v) is 14.6. The Morgan fingerprint density at radius 2 is 0.930 bits per heavy atom. The highest BCUT2D eigenvalue weighted by Crippen LogP contribution is 2.49. The van der Waals surface area contributed by atoms with Crippen LogP contribution in [0.1, 0.15) is 0 Å². The number of rotatable bonds is 7. The molecule has 2 nitrogen and oxygen atoms in total. The number of benzene rings is 9. The Morgan fingerprint density at radius 3 is 1.68 bits per heavy atom. The molecule has 0 bridgehead atoms. The van der Waals surface area contributed by atoms with Crippen molar-refractivity contribution in [3.63, 3.8) is 0 Å². The second kappa shape index (κ2) is 13.5. The van der Waals surface area contributed by atoms with Crippen molar-refractivity contribution in [2.45, 2.75) is 0 Å². The molecule has 0 N–H and O–H groups in total. The third-order valence-electron chi connectivity index (χ3n) is 11.8. The van der Waals surface area contributed by atoms with Crippen molar-refractivity contribution in [3.05, 3.63) is 224 Å². The van der Waals surface area contributed by atoms with Crippen LogP contribution in [0, 0.1) is 0 Å². The lowest BCUT2D eigenvalue weighted by molar-refractivity contribution is 0.669. The minimum absolute atomic E-state index is 0.880. The van der Waals surface area contributed by atoms with Gasteiger partial charge in [-0.3, -0.25) is 0 Å². The van der Waals surface area contributed by atoms with Gasteiger partial charge in [0, 0.05) is 27.7 Å². The lowest BCUT2D eigenvalue weighted by atomic mass is 9.89. The molecule has 1 aliphatic rings. The summed E-state index contributed by atoms with van der Waals surface area (Å²) in [5.74, 6) is 0. The average Bonchev–Trinajstić information content (AvgIpc) is 3.82. The molecule has 1 aromatic heterocycles. The topological polar surface area (TPSA) is 16.4 Å². The van der Waals surface area contributed by atoms with Gasteiger partial charge in [0.25, 0.3) is 0 Å². The molecule has 3 heteroatoms. The maximum absolute atomic E-state index is 6.51. The first kappa shape index (κ1) is 33.2. The molecule has 268 valence electrons. The molecule has 11 rings (SSSR count). The molecule has 0 unspecified atom stereocenters. The van der Waals surface area contributed by atoms with E-state index in [0.717, 1.165) is 61.3 Å². The van der Waals surface area contributed by atoms with Crippen molar-refractivity contribution < 1.29 is 4.42 Å². The van der Waals surface area contributed by atoms with Gasteiger partial charge in [0.05, 0.1) is 5.69 Å². The van der Waals surface area contributed by atoms with E-state index in [9.17, 15) is 0 Å². The first-order valence-electron chi connectivity index (χ1n) is 19.6. The van der Waals surface area contributed by atoms with Crippen LogP contribution in [0.5, 0.6) is 0 Å². The van der Waals surface area contributed by atoms with Crippen LogP contribution in [0.15, 0.2) is 229 Å². The largest absolute Gasteiger partial charge is 0.456 e. The number of hydrogen-bond donors (Lipinski definition) is 0. The molecule has 0 spiro atoms. The molecule has 2 heterocycles. The van der Waals surface area contributed by atoms with Gasteiger partial charge in [-0.15, -0.1) is 0 Å². The van der Waals surface area contributed by atoms with Crippen LogP contribution in [0.4, 0.5) is 17.1 Å². The van der Waals surface area contributed by atoms with Gasteiger partial charge in [0.2, 0.25) is 0 Å². The predicted molar refractivity (Wildman–Crippen MR) is 242 cm³/mol. The Morgan fingerprint density at radius 1 is 0.368 bits per heavy atom. The van der Waals surface area contributed by atoms with E-state index in [1.807, 2.05) is 6.07 Å². The Balaban J connectivity index is 1.24. The normalized spacial score (nSPS) is 12.7. The van der Waals surface area contributed by atoms with E-state index < -0.39 is 8.07 Å². The van der Waals surface area contributed by atoms with E-state index in [1.165, 1.54) is 31.9 Å². The van der Waals surface area contributed by atoms with E-state index in [0.29, 0.717) is 0 Å². The molecular formula is C54H37NOSi. The van der Waals surface area contributed by atoms with Crippen LogP contribution in [-0.2, 0) is 0 Å². The van der Waals surface area contributed by atoms with Crippen LogP contribution in [0.25, 0.3) is 55.3 Å². The Hall–Kier alpha value is -7.20. The lowest BCUT2D eigenvalue weighted by Crippen LogP contribution is -2.72. The minimum Gasteiger partial charge on any atom is -0.456 e. The summed E-state index contributed by atoms with van der Waals surface area (Å²) >= 11 is 0. The summed E-state index contributed by atoms with van der Waals surface area (Å²) in [6, 6.07) is 82.1. The zero-order valence-corrected chi connectivity index (χ0v) is 32.2. The monoisotopic (exact) mass is 743 g/mol. The summed E-state index contributed by atoms with van der Waals surface area (Å²) in [7, 11) is -2.74. The molecule has 0 aliphatic carbocycles. The van der Waals surface area contributed by atoms with Crippen molar-refractivity contribution in [2.24, 2.45) is 0 Å². The number of hydrogen-bond acceptors (Lipinski definition) is 2. The Labute approximate surface area is 333 Å². The summed E-state index contributed by atoms with van der Waals surface area (Å²) in [6.45, 7) is 0. The fraction of sp³-hybridized carbons (Fsp3) is 0. The van der Waals surface area contributed by atoms with E-state index in [1.54, 1.807) is 0 Å². The third-order valence-corrected chi connectivity index (χ3v) is 16.6. The lowest BCUT2D eigenvalue weighted by Gasteiger charge is -2.33. The zero-order chi connectivity index (χ0) is 37.8. The summed E-state index contributed by atoms with van der Waals surface area (Å²) in [5.41, 5.74) is 12.3. The second-order valence-corrected chi connectivity index (χ2v) is 18.5. The Kier molecular flexibility index (Phi) is 7.87. The SMILES string of the molecule is c1ccc(-c2cccc(N(c3ccccc3)c3ccc4c(c3)[Si](c3ccccc3)(c3ccccc3)c3ccccc3-4)c2-c2cccc3oc4ccccc4c23)cc1. The number of anilines is 3. The van der Waals surface area contributed by atoms with E-state index in [-0.39, 0.29) is 0 Å². The maximum atomic E-state index is 6.51. The van der Waals surface area contributed by atoms with E-state index in [2.05, 4.69) is 223 Å². The Bertz CT molecular complexity index is 3030. The van der Waals surface area contributed by atoms with E-state index >= 15 is 0 Å². The molecule has 0 saturated carbocycles. The molecule has 0 atom stereocenters. The van der Waals surface area contributed by atoms with Crippen molar-refractivity contribution in [1.82, 2.24) is 0 Å². The summed E-state index contributed by atoms with van der Waals surface area (Å²) in [4.78, 5) is 2.47. The molecule has 0 fully saturated rings. The van der Waals surface area contributed by atoms with Gasteiger partial charge < -0.3 is 9.32 Å². The standard InChI is InChI=1S/C54H37NOSi/c1-5-19-38(20-6-1)43-29-17-31-48(53(43)47-30-18-33-50-54(47)46-28-13-15-32-49(46)56-50)55(39-21-7-2-8-22-39)40-35-36-45-44-27-14-16-34-51(44)57(52(45)37-40,41-23-9-3-10-24-41)42-25-11-4-12-26-42/h1-37H. The summed E-state index contributed by atoms with van der Waals surface area (Å²) < 4.78 is 6.51. The van der Waals surface area contributed by atoms with Crippen LogP contribution in [0.2, 0.25) is 0 Å². The third kappa shape index (κ3) is 5.17. The highest BCUT2D eigenvalue weighted by molar-refractivity contribution is 7.22.